The number of hydrogen-bond acceptors (Lipinski definition) is 2. The number of guanidine groups is 1. The molecule has 1 rings (SSSR count). The van der Waals surface area contributed by atoms with Crippen LogP contribution in [0.4, 0.5) is 0 Å². The number of likely N-dealkylation sites (N-methyl/N-ethyl adjacent to an activating group) is 1. The Morgan fingerprint density at radius 1 is 1.33 bits per heavy atom. The number of carbonyl (C=O) groups is 1. The van der Waals surface area contributed by atoms with Crippen molar-refractivity contribution in [1.82, 2.24) is 15.5 Å². The largest absolute Gasteiger partial charge is 0.356 e. The third kappa shape index (κ3) is 7.73. The number of amides is 1. The third-order valence-electron chi connectivity index (χ3n) is 3.84. The maximum absolute atomic E-state index is 11.6. The van der Waals surface area contributed by atoms with E-state index in [1.165, 1.54) is 32.1 Å². The molecule has 5 heteroatoms. The number of rotatable bonds is 8. The fraction of sp³-hybridized carbons (Fsp3) is 0.750. The van der Waals surface area contributed by atoms with Gasteiger partial charge in [-0.2, -0.15) is 0 Å². The summed E-state index contributed by atoms with van der Waals surface area (Å²) in [5.74, 6) is 1.61. The first-order chi connectivity index (χ1) is 10.1. The Balaban J connectivity index is 2.28. The summed E-state index contributed by atoms with van der Waals surface area (Å²) in [6, 6.07) is 0. The van der Waals surface area contributed by atoms with Gasteiger partial charge in [-0.25, -0.2) is 4.99 Å². The highest BCUT2D eigenvalue weighted by Gasteiger charge is 2.14. The molecule has 0 aromatic rings. The van der Waals surface area contributed by atoms with Gasteiger partial charge in [0.25, 0.3) is 0 Å². The summed E-state index contributed by atoms with van der Waals surface area (Å²) < 4.78 is 0. The lowest BCUT2D eigenvalue weighted by Gasteiger charge is -2.14. The molecule has 0 radical (unpaired) electrons. The zero-order valence-electron chi connectivity index (χ0n) is 13.5. The average Bonchev–Trinajstić information content (AvgIpc) is 2.98. The molecule has 0 atom stereocenters. The van der Waals surface area contributed by atoms with E-state index >= 15 is 0 Å². The van der Waals surface area contributed by atoms with Gasteiger partial charge in [-0.05, 0) is 18.8 Å². The van der Waals surface area contributed by atoms with Gasteiger partial charge in [-0.3, -0.25) is 4.79 Å². The lowest BCUT2D eigenvalue weighted by molar-refractivity contribution is -0.127. The second kappa shape index (κ2) is 10.2. The summed E-state index contributed by atoms with van der Waals surface area (Å²) in [6.45, 7) is 5.40. The Hall–Kier alpha value is -1.52. The molecule has 0 heterocycles. The molecule has 0 saturated heterocycles. The van der Waals surface area contributed by atoms with E-state index in [1.807, 2.05) is 0 Å². The number of carbonyl (C=O) groups excluding carboxylic acids is 1. The third-order valence-corrected chi connectivity index (χ3v) is 3.84. The molecule has 2 N–H and O–H groups in total. The highest BCUT2D eigenvalue weighted by atomic mass is 16.2. The predicted octanol–water partition coefficient (Wildman–Crippen LogP) is 1.77. The van der Waals surface area contributed by atoms with Gasteiger partial charge in [-0.15, -0.1) is 6.58 Å². The Morgan fingerprint density at radius 3 is 2.67 bits per heavy atom. The van der Waals surface area contributed by atoms with Crippen molar-refractivity contribution in [2.45, 2.75) is 38.5 Å². The summed E-state index contributed by atoms with van der Waals surface area (Å²) in [7, 11) is 3.48. The first-order valence-electron chi connectivity index (χ1n) is 7.96. The van der Waals surface area contributed by atoms with Crippen LogP contribution in [-0.2, 0) is 4.79 Å². The molecule has 120 valence electrons. The number of aliphatic imine (C=N–C) groups is 1. The summed E-state index contributed by atoms with van der Waals surface area (Å²) in [5, 5.41) is 6.44. The van der Waals surface area contributed by atoms with E-state index < -0.39 is 0 Å². The van der Waals surface area contributed by atoms with Crippen molar-refractivity contribution < 1.29 is 4.79 Å². The van der Waals surface area contributed by atoms with Crippen molar-refractivity contribution in [3.63, 3.8) is 0 Å². The maximum atomic E-state index is 11.6. The molecular formula is C16H30N4O. The molecule has 1 aliphatic rings. The van der Waals surface area contributed by atoms with Gasteiger partial charge in [0.1, 0.15) is 6.54 Å². The Bertz CT molecular complexity index is 346. The van der Waals surface area contributed by atoms with E-state index in [1.54, 1.807) is 25.1 Å². The van der Waals surface area contributed by atoms with E-state index in [-0.39, 0.29) is 12.5 Å². The van der Waals surface area contributed by atoms with Crippen LogP contribution in [-0.4, -0.2) is 50.5 Å². The van der Waals surface area contributed by atoms with E-state index in [9.17, 15) is 4.79 Å². The van der Waals surface area contributed by atoms with Crippen molar-refractivity contribution in [3.8, 4) is 0 Å². The Morgan fingerprint density at radius 2 is 2.05 bits per heavy atom. The van der Waals surface area contributed by atoms with Crippen LogP contribution in [0, 0.1) is 5.92 Å². The van der Waals surface area contributed by atoms with E-state index in [0.29, 0.717) is 12.5 Å². The van der Waals surface area contributed by atoms with Crippen molar-refractivity contribution in [3.05, 3.63) is 12.7 Å². The molecule has 1 saturated carbocycles. The molecular weight excluding hydrogens is 264 g/mol. The lowest BCUT2D eigenvalue weighted by atomic mass is 10.0. The molecule has 1 fully saturated rings. The number of nitrogens with one attached hydrogen (secondary N) is 2. The molecule has 5 nitrogen and oxygen atoms in total. The average molecular weight is 294 g/mol. The van der Waals surface area contributed by atoms with Gasteiger partial charge in [0.15, 0.2) is 5.96 Å². The SMILES string of the molecule is C=CCNC(=NCC(=O)N(C)C)NCCCC1CCCC1. The quantitative estimate of drug-likeness (QED) is 0.310. The van der Waals surface area contributed by atoms with Crippen molar-refractivity contribution >= 4 is 11.9 Å². The molecule has 0 bridgehead atoms. The Kier molecular flexibility index (Phi) is 8.55. The Labute approximate surface area is 128 Å². The molecule has 0 aliphatic heterocycles. The summed E-state index contributed by atoms with van der Waals surface area (Å²) in [5.41, 5.74) is 0. The van der Waals surface area contributed by atoms with Gasteiger partial charge in [0.05, 0.1) is 0 Å². The van der Waals surface area contributed by atoms with Crippen LogP contribution in [0.1, 0.15) is 38.5 Å². The van der Waals surface area contributed by atoms with Gasteiger partial charge >= 0.3 is 0 Å². The zero-order chi connectivity index (χ0) is 15.5. The molecule has 0 aromatic heterocycles. The fourth-order valence-electron chi connectivity index (χ4n) is 2.53. The summed E-state index contributed by atoms with van der Waals surface area (Å²) >= 11 is 0. The highest BCUT2D eigenvalue weighted by molar-refractivity contribution is 5.84. The van der Waals surface area contributed by atoms with E-state index in [4.69, 9.17) is 0 Å². The number of nitrogens with zero attached hydrogens (tertiary/aromatic N) is 2. The van der Waals surface area contributed by atoms with Crippen LogP contribution >= 0.6 is 0 Å². The van der Waals surface area contributed by atoms with E-state index in [2.05, 4.69) is 22.2 Å². The van der Waals surface area contributed by atoms with Gasteiger partial charge in [0.2, 0.25) is 5.91 Å². The monoisotopic (exact) mass is 294 g/mol. The minimum Gasteiger partial charge on any atom is -0.356 e. The lowest BCUT2D eigenvalue weighted by Crippen LogP contribution is -2.39. The van der Waals surface area contributed by atoms with Crippen molar-refractivity contribution in [1.29, 1.82) is 0 Å². The van der Waals surface area contributed by atoms with Crippen LogP contribution in [0.3, 0.4) is 0 Å². The first kappa shape index (κ1) is 17.5. The van der Waals surface area contributed by atoms with Crippen LogP contribution in [0.2, 0.25) is 0 Å². The van der Waals surface area contributed by atoms with E-state index in [0.717, 1.165) is 18.9 Å². The summed E-state index contributed by atoms with van der Waals surface area (Å²) in [6.07, 6.45) is 9.82. The highest BCUT2D eigenvalue weighted by Crippen LogP contribution is 2.28. The standard InChI is InChI=1S/C16H30N4O/c1-4-11-17-16(19-13-15(21)20(2)3)18-12-7-10-14-8-5-6-9-14/h4,14H,1,5-13H2,2-3H3,(H2,17,18,19). The minimum atomic E-state index is 0.000610. The molecule has 0 aromatic carbocycles. The maximum Gasteiger partial charge on any atom is 0.243 e. The molecule has 1 amide bonds. The van der Waals surface area contributed by atoms with Crippen LogP contribution < -0.4 is 10.6 Å². The molecule has 21 heavy (non-hydrogen) atoms. The van der Waals surface area contributed by atoms with Crippen molar-refractivity contribution in [2.24, 2.45) is 10.9 Å². The smallest absolute Gasteiger partial charge is 0.243 e. The topological polar surface area (TPSA) is 56.7 Å². The normalized spacial score (nSPS) is 15.8. The van der Waals surface area contributed by atoms with Gasteiger partial charge in [-0.1, -0.05) is 31.8 Å². The second-order valence-corrected chi connectivity index (χ2v) is 5.84. The zero-order valence-corrected chi connectivity index (χ0v) is 13.5. The molecule has 0 spiro atoms. The molecule has 0 unspecified atom stereocenters. The van der Waals surface area contributed by atoms with Crippen LogP contribution in [0.15, 0.2) is 17.6 Å². The predicted molar refractivity (Wildman–Crippen MR) is 88.4 cm³/mol. The minimum absolute atomic E-state index is 0.000610. The van der Waals surface area contributed by atoms with Crippen molar-refractivity contribution in [2.75, 3.05) is 33.7 Å². The molecule has 1 aliphatic carbocycles. The van der Waals surface area contributed by atoms with Gasteiger partial charge < -0.3 is 15.5 Å². The van der Waals surface area contributed by atoms with Crippen LogP contribution in [0.25, 0.3) is 0 Å². The number of hydrogen-bond donors (Lipinski definition) is 2. The fourth-order valence-corrected chi connectivity index (χ4v) is 2.53. The second-order valence-electron chi connectivity index (χ2n) is 5.84. The van der Waals surface area contributed by atoms with Crippen LogP contribution in [0.5, 0.6) is 0 Å². The first-order valence-corrected chi connectivity index (χ1v) is 7.96. The van der Waals surface area contributed by atoms with Gasteiger partial charge in [0, 0.05) is 27.2 Å². The summed E-state index contributed by atoms with van der Waals surface area (Å²) in [4.78, 5) is 17.4.